The highest BCUT2D eigenvalue weighted by Gasteiger charge is 2.44. The molecule has 4 N–H and O–H groups in total. The van der Waals surface area contributed by atoms with Crippen LogP contribution in [0.3, 0.4) is 0 Å². The van der Waals surface area contributed by atoms with Gasteiger partial charge in [0.1, 0.15) is 36.2 Å². The van der Waals surface area contributed by atoms with Crippen LogP contribution in [0, 0.1) is 0 Å². The number of rotatable bonds is 6. The number of carbonyl (C=O) groups is 2. The lowest BCUT2D eigenvalue weighted by Gasteiger charge is -2.39. The van der Waals surface area contributed by atoms with E-state index in [9.17, 15) is 30.0 Å². The molecule has 2 aliphatic rings. The summed E-state index contributed by atoms with van der Waals surface area (Å²) in [6, 6.07) is -0.984. The Kier molecular flexibility index (Phi) is 7.00. The maximum Gasteiger partial charge on any atom is 0.328 e. The molecule has 0 aliphatic carbocycles. The summed E-state index contributed by atoms with van der Waals surface area (Å²) < 4.78 is 17.0. The zero-order chi connectivity index (χ0) is 22.0. The molecule has 30 heavy (non-hydrogen) atoms. The lowest BCUT2D eigenvalue weighted by Crippen LogP contribution is -2.59. The second-order valence-corrected chi connectivity index (χ2v) is 7.30. The third-order valence-electron chi connectivity index (χ3n) is 5.33. The van der Waals surface area contributed by atoms with Crippen molar-refractivity contribution in [2.24, 2.45) is 0 Å². The molecule has 0 unspecified atom stereocenters. The number of amides is 1. The topological polar surface area (TPSA) is 177 Å². The van der Waals surface area contributed by atoms with Gasteiger partial charge in [0.15, 0.2) is 6.29 Å². The highest BCUT2D eigenvalue weighted by atomic mass is 16.7. The molecule has 168 valence electrons. The van der Waals surface area contributed by atoms with Crippen molar-refractivity contribution in [3.8, 4) is 0 Å². The third kappa shape index (κ3) is 4.45. The summed E-state index contributed by atoms with van der Waals surface area (Å²) in [7, 11) is 1.26. The Hall–Kier alpha value is -2.16. The number of aliphatic hydroxyl groups is 4. The third-order valence-corrected chi connectivity index (χ3v) is 5.33. The van der Waals surface area contributed by atoms with Crippen LogP contribution in [-0.4, -0.2) is 109 Å². The molecule has 13 nitrogen and oxygen atoms in total. The molecule has 0 bridgehead atoms. The van der Waals surface area contributed by atoms with E-state index in [-0.39, 0.29) is 25.1 Å². The van der Waals surface area contributed by atoms with Crippen molar-refractivity contribution in [1.82, 2.24) is 19.9 Å². The number of ether oxygens (including phenoxy) is 3. The standard InChI is InChI=1S/C17H26N4O9/c1-8(23)20-5-10(3-11(20)16(27)28-2)21-4-9(18-19-21)7-29-17-15(26)14(25)13(24)12(6-22)30-17/h4,10-15,17,22,24-26H,3,5-7H2,1-2H3/t10-,11-,12+,13+,14-,15+,17+/m0/s1. The zero-order valence-corrected chi connectivity index (χ0v) is 16.6. The first kappa shape index (κ1) is 22.5. The second kappa shape index (κ2) is 9.32. The summed E-state index contributed by atoms with van der Waals surface area (Å²) in [4.78, 5) is 25.2. The smallest absolute Gasteiger partial charge is 0.328 e. The number of likely N-dealkylation sites (tertiary alicyclic amines) is 1. The van der Waals surface area contributed by atoms with Crippen LogP contribution in [0.25, 0.3) is 0 Å². The van der Waals surface area contributed by atoms with Gasteiger partial charge in [-0.1, -0.05) is 5.21 Å². The van der Waals surface area contributed by atoms with Crippen molar-refractivity contribution in [1.29, 1.82) is 0 Å². The average molecular weight is 430 g/mol. The fourth-order valence-electron chi connectivity index (χ4n) is 3.64. The molecule has 13 heteroatoms. The van der Waals surface area contributed by atoms with E-state index in [1.54, 1.807) is 6.20 Å². The van der Waals surface area contributed by atoms with Crippen molar-refractivity contribution in [2.75, 3.05) is 20.3 Å². The number of aromatic nitrogens is 3. The minimum absolute atomic E-state index is 0.133. The monoisotopic (exact) mass is 430 g/mol. The maximum absolute atomic E-state index is 11.9. The van der Waals surface area contributed by atoms with E-state index in [2.05, 4.69) is 10.3 Å². The van der Waals surface area contributed by atoms with Gasteiger partial charge in [0.2, 0.25) is 5.91 Å². The van der Waals surface area contributed by atoms with Gasteiger partial charge in [0, 0.05) is 19.9 Å². The SMILES string of the molecule is COC(=O)[C@@H]1C[C@H](n2cc(CO[C@@H]3O[C@H](CO)[C@@H](O)[C@H](O)[C@H]3O)nn2)CN1C(C)=O. The van der Waals surface area contributed by atoms with Gasteiger partial charge in [-0.15, -0.1) is 5.10 Å². The van der Waals surface area contributed by atoms with Gasteiger partial charge in [-0.25, -0.2) is 9.48 Å². The number of esters is 1. The second-order valence-electron chi connectivity index (χ2n) is 7.30. The summed E-state index contributed by atoms with van der Waals surface area (Å²) in [5.74, 6) is -0.752. The van der Waals surface area contributed by atoms with Crippen molar-refractivity contribution in [3.05, 3.63) is 11.9 Å². The molecular weight excluding hydrogens is 404 g/mol. The van der Waals surface area contributed by atoms with Gasteiger partial charge in [0.25, 0.3) is 0 Å². The fourth-order valence-corrected chi connectivity index (χ4v) is 3.64. The number of hydrogen-bond donors (Lipinski definition) is 4. The first-order chi connectivity index (χ1) is 14.3. The van der Waals surface area contributed by atoms with Crippen LogP contribution in [0.1, 0.15) is 25.1 Å². The quantitative estimate of drug-likeness (QED) is 0.337. The van der Waals surface area contributed by atoms with Crippen LogP contribution >= 0.6 is 0 Å². The van der Waals surface area contributed by atoms with E-state index in [4.69, 9.17) is 14.2 Å². The summed E-state index contributed by atoms with van der Waals surface area (Å²) in [6.45, 7) is 0.952. The van der Waals surface area contributed by atoms with Gasteiger partial charge in [-0.2, -0.15) is 0 Å². The molecule has 2 saturated heterocycles. The minimum atomic E-state index is -1.54. The van der Waals surface area contributed by atoms with Gasteiger partial charge in [-0.05, 0) is 0 Å². The van der Waals surface area contributed by atoms with Crippen LogP contribution in [0.2, 0.25) is 0 Å². The minimum Gasteiger partial charge on any atom is -0.467 e. The molecule has 2 fully saturated rings. The molecule has 0 saturated carbocycles. The van der Waals surface area contributed by atoms with E-state index >= 15 is 0 Å². The van der Waals surface area contributed by atoms with E-state index in [1.165, 1.54) is 23.6 Å². The van der Waals surface area contributed by atoms with E-state index in [0.717, 1.165) is 0 Å². The lowest BCUT2D eigenvalue weighted by atomic mass is 9.99. The van der Waals surface area contributed by atoms with Crippen LogP contribution in [0.5, 0.6) is 0 Å². The van der Waals surface area contributed by atoms with E-state index < -0.39 is 49.3 Å². The molecule has 3 rings (SSSR count). The van der Waals surface area contributed by atoms with E-state index in [1.807, 2.05) is 0 Å². The molecule has 3 heterocycles. The maximum atomic E-state index is 11.9. The Labute approximate surface area is 171 Å². The number of aliphatic hydroxyl groups excluding tert-OH is 4. The van der Waals surface area contributed by atoms with Gasteiger partial charge < -0.3 is 39.5 Å². The lowest BCUT2D eigenvalue weighted by molar-refractivity contribution is -0.304. The number of carbonyl (C=O) groups excluding carboxylic acids is 2. The summed E-state index contributed by atoms with van der Waals surface area (Å²) >= 11 is 0. The Bertz CT molecular complexity index is 757. The Morgan fingerprint density at radius 3 is 2.63 bits per heavy atom. The zero-order valence-electron chi connectivity index (χ0n) is 16.6. The molecule has 2 aliphatic heterocycles. The van der Waals surface area contributed by atoms with Crippen LogP contribution in [0.4, 0.5) is 0 Å². The van der Waals surface area contributed by atoms with Crippen molar-refractivity contribution in [3.63, 3.8) is 0 Å². The normalized spacial score (nSPS) is 34.2. The van der Waals surface area contributed by atoms with Crippen molar-refractivity contribution < 1.29 is 44.2 Å². The number of hydrogen-bond acceptors (Lipinski definition) is 11. The average Bonchev–Trinajstić information content (AvgIpc) is 3.38. The molecule has 7 atom stereocenters. The molecule has 0 spiro atoms. The Morgan fingerprint density at radius 2 is 2.00 bits per heavy atom. The predicted molar refractivity (Wildman–Crippen MR) is 95.4 cm³/mol. The van der Waals surface area contributed by atoms with Crippen LogP contribution < -0.4 is 0 Å². The van der Waals surface area contributed by atoms with Crippen molar-refractivity contribution in [2.45, 2.75) is 62.7 Å². The molecule has 0 aromatic carbocycles. The number of nitrogens with zero attached hydrogens (tertiary/aromatic N) is 4. The predicted octanol–water partition coefficient (Wildman–Crippen LogP) is -3.07. The van der Waals surface area contributed by atoms with Crippen LogP contribution in [0.15, 0.2) is 6.20 Å². The molecule has 1 amide bonds. The Morgan fingerprint density at radius 1 is 1.27 bits per heavy atom. The number of methoxy groups -OCH3 is 1. The van der Waals surface area contributed by atoms with E-state index in [0.29, 0.717) is 12.1 Å². The van der Waals surface area contributed by atoms with Gasteiger partial charge in [0.05, 0.1) is 32.6 Å². The summed E-state index contributed by atoms with van der Waals surface area (Å²) in [6.07, 6.45) is -4.99. The van der Waals surface area contributed by atoms with Crippen LogP contribution in [-0.2, 0) is 30.4 Å². The molecule has 1 aromatic heterocycles. The largest absolute Gasteiger partial charge is 0.467 e. The van der Waals surface area contributed by atoms with Gasteiger partial charge >= 0.3 is 5.97 Å². The highest BCUT2D eigenvalue weighted by molar-refractivity contribution is 5.84. The molecule has 0 radical (unpaired) electrons. The Balaban J connectivity index is 1.61. The highest BCUT2D eigenvalue weighted by Crippen LogP contribution is 2.28. The molecular formula is C17H26N4O9. The first-order valence-electron chi connectivity index (χ1n) is 9.44. The fraction of sp³-hybridized carbons (Fsp3) is 0.765. The first-order valence-corrected chi connectivity index (χ1v) is 9.44. The summed E-state index contributed by atoms with van der Waals surface area (Å²) in [5, 5.41) is 46.8. The van der Waals surface area contributed by atoms with Gasteiger partial charge in [-0.3, -0.25) is 4.79 Å². The van der Waals surface area contributed by atoms with Crippen molar-refractivity contribution >= 4 is 11.9 Å². The molecule has 1 aromatic rings. The summed E-state index contributed by atoms with van der Waals surface area (Å²) in [5.41, 5.74) is 0.378.